The average Bonchev–Trinajstić information content (AvgIpc) is 2.89. The highest BCUT2D eigenvalue weighted by molar-refractivity contribution is 6.31. The van der Waals surface area contributed by atoms with Crippen LogP contribution in [0.5, 0.6) is 5.75 Å². The smallest absolute Gasteiger partial charge is 0.247 e. The van der Waals surface area contributed by atoms with Crippen molar-refractivity contribution in [1.82, 2.24) is 14.9 Å². The van der Waals surface area contributed by atoms with Crippen molar-refractivity contribution in [2.75, 3.05) is 55.1 Å². The summed E-state index contributed by atoms with van der Waals surface area (Å²) in [6, 6.07) is 8.17. The number of amides is 1. The van der Waals surface area contributed by atoms with Crippen molar-refractivity contribution in [3.63, 3.8) is 0 Å². The van der Waals surface area contributed by atoms with E-state index in [9.17, 15) is 14.3 Å². The number of hydrogen-bond acceptors (Lipinski definition) is 9. The molecule has 0 aliphatic carbocycles. The summed E-state index contributed by atoms with van der Waals surface area (Å²) in [5.41, 5.74) is 1.32. The van der Waals surface area contributed by atoms with Gasteiger partial charge in [-0.25, -0.2) is 9.37 Å². The molecule has 3 aromatic rings. The fraction of sp³-hybridized carbons (Fsp3) is 0.345. The molecule has 1 amide bonds. The van der Waals surface area contributed by atoms with Crippen molar-refractivity contribution >= 4 is 52.0 Å². The zero-order valence-corrected chi connectivity index (χ0v) is 24.5. The molecule has 218 valence electrons. The Morgan fingerprint density at radius 2 is 2.02 bits per heavy atom. The number of carbonyl (C=O) groups is 1. The SMILES string of the molecule is C=CC(=O)Nc1cc(Nc2nccc(Nc3cc(Cl)c(F)cc3C(C)(C)O)n2)c(OC)cc1N1CC[C@@H]1CN(C)C. The van der Waals surface area contributed by atoms with Crippen LogP contribution in [0.4, 0.5) is 38.9 Å². The lowest BCUT2D eigenvalue weighted by molar-refractivity contribution is -0.111. The first-order valence-corrected chi connectivity index (χ1v) is 13.4. The molecule has 0 unspecified atom stereocenters. The molecule has 12 heteroatoms. The average molecular weight is 584 g/mol. The molecule has 0 bridgehead atoms. The van der Waals surface area contributed by atoms with Crippen LogP contribution in [0.15, 0.2) is 49.2 Å². The number of nitrogens with one attached hydrogen (secondary N) is 3. The van der Waals surface area contributed by atoms with E-state index < -0.39 is 11.4 Å². The summed E-state index contributed by atoms with van der Waals surface area (Å²) >= 11 is 6.02. The third-order valence-corrected chi connectivity index (χ3v) is 6.96. The minimum absolute atomic E-state index is 0.0955. The first-order valence-electron chi connectivity index (χ1n) is 13.1. The molecule has 1 fully saturated rings. The van der Waals surface area contributed by atoms with Gasteiger partial charge in [0.25, 0.3) is 0 Å². The molecule has 4 N–H and O–H groups in total. The Bertz CT molecular complexity index is 1440. The maximum absolute atomic E-state index is 14.2. The van der Waals surface area contributed by atoms with Crippen LogP contribution in [0.3, 0.4) is 0 Å². The zero-order chi connectivity index (χ0) is 29.9. The summed E-state index contributed by atoms with van der Waals surface area (Å²) in [5, 5.41) is 19.6. The summed E-state index contributed by atoms with van der Waals surface area (Å²) in [6.45, 7) is 8.40. The van der Waals surface area contributed by atoms with Gasteiger partial charge < -0.3 is 35.6 Å². The highest BCUT2D eigenvalue weighted by atomic mass is 35.5. The second kappa shape index (κ2) is 12.3. The van der Waals surface area contributed by atoms with E-state index in [1.807, 2.05) is 20.2 Å². The monoisotopic (exact) mass is 583 g/mol. The van der Waals surface area contributed by atoms with E-state index in [0.29, 0.717) is 40.2 Å². The van der Waals surface area contributed by atoms with Crippen LogP contribution in [0, 0.1) is 5.82 Å². The van der Waals surface area contributed by atoms with Crippen molar-refractivity contribution in [1.29, 1.82) is 0 Å². The fourth-order valence-corrected chi connectivity index (χ4v) is 4.79. The summed E-state index contributed by atoms with van der Waals surface area (Å²) < 4.78 is 19.9. The number of aliphatic hydroxyl groups is 1. The lowest BCUT2D eigenvalue weighted by Crippen LogP contribution is -2.53. The molecule has 1 aliphatic rings. The molecule has 2 aromatic carbocycles. The van der Waals surface area contributed by atoms with Crippen molar-refractivity contribution in [3.8, 4) is 5.75 Å². The maximum Gasteiger partial charge on any atom is 0.247 e. The summed E-state index contributed by atoms with van der Waals surface area (Å²) in [5.74, 6) is 0.160. The van der Waals surface area contributed by atoms with Gasteiger partial charge in [-0.1, -0.05) is 18.2 Å². The molecule has 10 nitrogen and oxygen atoms in total. The van der Waals surface area contributed by atoms with Gasteiger partial charge in [0, 0.05) is 42.6 Å². The van der Waals surface area contributed by atoms with Crippen LogP contribution in [0.1, 0.15) is 25.8 Å². The molecule has 1 aliphatic heterocycles. The van der Waals surface area contributed by atoms with Gasteiger partial charge in [0.15, 0.2) is 0 Å². The molecule has 4 rings (SSSR count). The molecular formula is C29H35ClFN7O3. The number of methoxy groups -OCH3 is 1. The number of nitrogens with zero attached hydrogens (tertiary/aromatic N) is 4. The number of halogens is 2. The van der Waals surface area contributed by atoms with E-state index in [0.717, 1.165) is 25.2 Å². The third-order valence-electron chi connectivity index (χ3n) is 6.67. The van der Waals surface area contributed by atoms with Crippen molar-refractivity contribution in [2.45, 2.75) is 31.9 Å². The zero-order valence-electron chi connectivity index (χ0n) is 23.8. The Kier molecular flexibility index (Phi) is 9.01. The molecule has 41 heavy (non-hydrogen) atoms. The molecule has 1 saturated heterocycles. The predicted octanol–water partition coefficient (Wildman–Crippen LogP) is 5.26. The highest BCUT2D eigenvalue weighted by Crippen LogP contribution is 2.41. The predicted molar refractivity (Wildman–Crippen MR) is 161 cm³/mol. The molecule has 0 saturated carbocycles. The Morgan fingerprint density at radius 1 is 1.27 bits per heavy atom. The Hall–Kier alpha value is -3.93. The normalized spacial score (nSPS) is 14.9. The first kappa shape index (κ1) is 30.0. The molecule has 1 aromatic heterocycles. The molecule has 2 heterocycles. The lowest BCUT2D eigenvalue weighted by atomic mass is 9.96. The Morgan fingerprint density at radius 3 is 2.63 bits per heavy atom. The quantitative estimate of drug-likeness (QED) is 0.224. The second-order valence-electron chi connectivity index (χ2n) is 10.5. The van der Waals surface area contributed by atoms with E-state index in [-0.39, 0.29) is 16.9 Å². The molecular weight excluding hydrogens is 549 g/mol. The second-order valence-corrected chi connectivity index (χ2v) is 11.0. The molecule has 0 radical (unpaired) electrons. The maximum atomic E-state index is 14.2. The largest absolute Gasteiger partial charge is 0.494 e. The van der Waals surface area contributed by atoms with E-state index in [4.69, 9.17) is 16.3 Å². The summed E-state index contributed by atoms with van der Waals surface area (Å²) in [6.07, 6.45) is 3.80. The van der Waals surface area contributed by atoms with Crippen LogP contribution in [-0.4, -0.2) is 66.2 Å². The van der Waals surface area contributed by atoms with E-state index in [2.05, 4.69) is 42.3 Å². The summed E-state index contributed by atoms with van der Waals surface area (Å²) in [7, 11) is 5.63. The minimum atomic E-state index is -1.34. The van der Waals surface area contributed by atoms with Gasteiger partial charge in [0.05, 0.1) is 34.8 Å². The van der Waals surface area contributed by atoms with Crippen LogP contribution >= 0.6 is 11.6 Å². The number of hydrogen-bond donors (Lipinski definition) is 4. The van der Waals surface area contributed by atoms with Gasteiger partial charge in [0.2, 0.25) is 11.9 Å². The number of likely N-dealkylation sites (N-methyl/N-ethyl adjacent to an activating group) is 1. The highest BCUT2D eigenvalue weighted by Gasteiger charge is 2.31. The minimum Gasteiger partial charge on any atom is -0.494 e. The van der Waals surface area contributed by atoms with Crippen LogP contribution in [0.2, 0.25) is 5.02 Å². The number of ether oxygens (including phenoxy) is 1. The van der Waals surface area contributed by atoms with E-state index >= 15 is 0 Å². The van der Waals surface area contributed by atoms with E-state index in [1.165, 1.54) is 18.2 Å². The van der Waals surface area contributed by atoms with Crippen molar-refractivity contribution < 1.29 is 19.0 Å². The first-order chi connectivity index (χ1) is 19.4. The van der Waals surface area contributed by atoms with Gasteiger partial charge in [-0.2, -0.15) is 4.98 Å². The number of anilines is 6. The van der Waals surface area contributed by atoms with Gasteiger partial charge >= 0.3 is 0 Å². The van der Waals surface area contributed by atoms with Crippen molar-refractivity contribution in [2.24, 2.45) is 0 Å². The standard InChI is InChI=1S/C29H35ClFN7O3/c1-7-27(39)34-22-14-23(25(41-6)15-24(22)38-11-9-17(38)16-37(4)5)35-28-32-10-8-26(36-28)33-21-13-19(30)20(31)12-18(21)29(2,3)40/h7-8,10,12-15,17,40H,1,9,11,16H2,2-6H3,(H,34,39)(H2,32,33,35,36)/t17-/m1/s1. The van der Waals surface area contributed by atoms with Crippen LogP contribution in [0.25, 0.3) is 0 Å². The Labute approximate surface area is 244 Å². The Balaban J connectivity index is 1.66. The number of rotatable bonds is 11. The van der Waals surface area contributed by atoms with Gasteiger partial charge in [0.1, 0.15) is 17.4 Å². The molecule has 0 spiro atoms. The number of benzene rings is 2. The van der Waals surface area contributed by atoms with Crippen molar-refractivity contribution in [3.05, 3.63) is 65.6 Å². The van der Waals surface area contributed by atoms with Gasteiger partial charge in [-0.15, -0.1) is 0 Å². The fourth-order valence-electron chi connectivity index (χ4n) is 4.63. The lowest BCUT2D eigenvalue weighted by Gasteiger charge is -2.45. The van der Waals surface area contributed by atoms with Crippen LogP contribution < -0.4 is 25.6 Å². The molecule has 1 atom stereocenters. The topological polar surface area (TPSA) is 115 Å². The van der Waals surface area contributed by atoms with E-state index in [1.54, 1.807) is 39.3 Å². The number of aromatic nitrogens is 2. The third kappa shape index (κ3) is 7.05. The number of carbonyl (C=O) groups excluding carboxylic acids is 1. The summed E-state index contributed by atoms with van der Waals surface area (Å²) in [4.78, 5) is 25.5. The van der Waals surface area contributed by atoms with Gasteiger partial charge in [-0.05, 0) is 64.7 Å². The van der Waals surface area contributed by atoms with Crippen LogP contribution in [-0.2, 0) is 10.4 Å². The van der Waals surface area contributed by atoms with Gasteiger partial charge in [-0.3, -0.25) is 4.79 Å².